The van der Waals surface area contributed by atoms with Crippen LogP contribution in [0.2, 0.25) is 0 Å². The zero-order chi connectivity index (χ0) is 18.3. The van der Waals surface area contributed by atoms with Crippen molar-refractivity contribution in [3.05, 3.63) is 0 Å². The number of nitrogens with one attached hydrogen (secondary N) is 1. The Bertz CT molecular complexity index is 236. The van der Waals surface area contributed by atoms with Gasteiger partial charge in [0.2, 0.25) is 0 Å². The van der Waals surface area contributed by atoms with Gasteiger partial charge in [-0.1, -0.05) is 19.3 Å². The molecule has 1 fully saturated rings. The van der Waals surface area contributed by atoms with Crippen LogP contribution in [0.25, 0.3) is 0 Å². The van der Waals surface area contributed by atoms with E-state index in [1.165, 1.54) is 19.3 Å². The maximum absolute atomic E-state index is 5.78. The fourth-order valence-corrected chi connectivity index (χ4v) is 7.81. The fourth-order valence-electron chi connectivity index (χ4n) is 1.79. The van der Waals surface area contributed by atoms with E-state index in [-0.39, 0.29) is 0 Å². The van der Waals surface area contributed by atoms with Crippen LogP contribution in [0.5, 0.6) is 0 Å². The second-order valence-corrected chi connectivity index (χ2v) is 9.85. The van der Waals surface area contributed by atoms with Crippen molar-refractivity contribution in [1.82, 2.24) is 4.65 Å². The summed E-state index contributed by atoms with van der Waals surface area (Å²) in [5.41, 5.74) is 0. The molecule has 1 N–H and O–H groups in total. The summed E-state index contributed by atoms with van der Waals surface area (Å²) >= 11 is 0. The van der Waals surface area contributed by atoms with Crippen LogP contribution in [0.15, 0.2) is 0 Å². The van der Waals surface area contributed by atoms with Gasteiger partial charge in [-0.05, 0) is 41.5 Å². The molecule has 0 aromatic heterocycles. The first-order valence-corrected chi connectivity index (χ1v) is 12.6. The van der Waals surface area contributed by atoms with Gasteiger partial charge in [0, 0.05) is 39.6 Å². The summed E-state index contributed by atoms with van der Waals surface area (Å²) in [7, 11) is -6.21. The Morgan fingerprint density at radius 1 is 0.500 bits per heavy atom. The molecule has 0 unspecified atom stereocenters. The second kappa shape index (κ2) is 14.3. The minimum atomic E-state index is -3.11. The third kappa shape index (κ3) is 10.2. The van der Waals surface area contributed by atoms with Crippen LogP contribution in [-0.2, 0) is 26.6 Å². The highest BCUT2D eigenvalue weighted by molar-refractivity contribution is 6.75. The lowest BCUT2D eigenvalue weighted by atomic mass is 10.9. The Morgan fingerprint density at radius 2 is 0.708 bits per heavy atom. The molecule has 0 aromatic carbocycles. The molecule has 1 aliphatic rings. The minimum Gasteiger partial charge on any atom is -0.362 e. The summed E-state index contributed by atoms with van der Waals surface area (Å²) in [6, 6.07) is 0. The quantitative estimate of drug-likeness (QED) is 0.463. The van der Waals surface area contributed by atoms with Crippen molar-refractivity contribution in [3.8, 4) is 0 Å². The molecule has 24 heavy (non-hydrogen) atoms. The number of hydrogen-bond acceptors (Lipinski definition) is 7. The minimum absolute atomic E-state index is 0.466. The molecular formula is C15H37NO6Si2. The van der Waals surface area contributed by atoms with E-state index in [4.69, 9.17) is 26.6 Å². The van der Waals surface area contributed by atoms with Crippen LogP contribution < -0.4 is 4.65 Å². The molecule has 0 heterocycles. The Hall–Kier alpha value is 0.154. The van der Waals surface area contributed by atoms with Gasteiger partial charge in [-0.25, -0.2) is 4.65 Å². The van der Waals surface area contributed by atoms with Gasteiger partial charge in [0.1, 0.15) is 0 Å². The molecule has 0 amide bonds. The van der Waals surface area contributed by atoms with Gasteiger partial charge in [0.15, 0.2) is 0 Å². The maximum atomic E-state index is 5.78. The standard InChI is InChI=1S/C12H31NO6Si2.C3H6/c1-7-14-20(15-8-2,16-9-3)13-21(17-10-4,18-11-5)19-12-6;1-2-3-1/h13H,7-12H2,1-6H3;1-3H2. The van der Waals surface area contributed by atoms with Crippen LogP contribution in [0.4, 0.5) is 0 Å². The third-order valence-corrected chi connectivity index (χ3v) is 9.13. The molecule has 0 bridgehead atoms. The van der Waals surface area contributed by atoms with Gasteiger partial charge in [-0.2, -0.15) is 0 Å². The highest BCUT2D eigenvalue weighted by Gasteiger charge is 2.56. The second-order valence-electron chi connectivity index (χ2n) is 4.90. The topological polar surface area (TPSA) is 67.4 Å². The molecule has 1 aliphatic carbocycles. The van der Waals surface area contributed by atoms with Gasteiger partial charge in [-0.15, -0.1) is 0 Å². The number of hydrogen-bond donors (Lipinski definition) is 1. The largest absolute Gasteiger partial charge is 0.595 e. The molecule has 0 aromatic rings. The van der Waals surface area contributed by atoms with Crippen LogP contribution in [0, 0.1) is 0 Å². The third-order valence-electron chi connectivity index (χ3n) is 2.67. The van der Waals surface area contributed by atoms with Crippen molar-refractivity contribution < 1.29 is 26.6 Å². The van der Waals surface area contributed by atoms with Crippen molar-refractivity contribution in [3.63, 3.8) is 0 Å². The van der Waals surface area contributed by atoms with Crippen molar-refractivity contribution in [2.24, 2.45) is 0 Å². The Balaban J connectivity index is 0.00000157. The smallest absolute Gasteiger partial charge is 0.362 e. The summed E-state index contributed by atoms with van der Waals surface area (Å²) in [4.78, 5) is 0. The predicted molar refractivity (Wildman–Crippen MR) is 98.3 cm³/mol. The highest BCUT2D eigenvalue weighted by atomic mass is 28.5. The first kappa shape index (κ1) is 24.2. The first-order chi connectivity index (χ1) is 11.6. The summed E-state index contributed by atoms with van der Waals surface area (Å²) in [6.45, 7) is 14.2. The molecular weight excluding hydrogens is 346 g/mol. The molecule has 0 aliphatic heterocycles. The molecule has 0 spiro atoms. The normalized spacial score (nSPS) is 14.2. The van der Waals surface area contributed by atoms with Crippen molar-refractivity contribution in [1.29, 1.82) is 0 Å². The molecule has 0 saturated heterocycles. The first-order valence-electron chi connectivity index (χ1n) is 9.20. The zero-order valence-corrected chi connectivity index (χ0v) is 18.3. The van der Waals surface area contributed by atoms with Crippen molar-refractivity contribution >= 4 is 17.9 Å². The molecule has 9 heteroatoms. The lowest BCUT2D eigenvalue weighted by molar-refractivity contribution is 0.0307. The van der Waals surface area contributed by atoms with Gasteiger partial charge >= 0.3 is 17.9 Å². The average Bonchev–Trinajstić information content (AvgIpc) is 3.37. The van der Waals surface area contributed by atoms with E-state index < -0.39 is 17.9 Å². The summed E-state index contributed by atoms with van der Waals surface area (Å²) in [5, 5.41) is 0. The Morgan fingerprint density at radius 3 is 0.833 bits per heavy atom. The van der Waals surface area contributed by atoms with Gasteiger partial charge < -0.3 is 26.6 Å². The molecule has 7 nitrogen and oxygen atoms in total. The summed E-state index contributed by atoms with van der Waals surface area (Å²) < 4.78 is 37.9. The van der Waals surface area contributed by atoms with Crippen molar-refractivity contribution in [2.45, 2.75) is 60.8 Å². The zero-order valence-electron chi connectivity index (χ0n) is 16.3. The van der Waals surface area contributed by atoms with Crippen LogP contribution in [0.1, 0.15) is 60.8 Å². The molecule has 146 valence electrons. The van der Waals surface area contributed by atoms with E-state index >= 15 is 0 Å². The summed E-state index contributed by atoms with van der Waals surface area (Å²) in [5.74, 6) is 0. The lowest BCUT2D eigenvalue weighted by Gasteiger charge is -2.36. The van der Waals surface area contributed by atoms with Gasteiger partial charge in [0.05, 0.1) is 0 Å². The molecule has 0 atom stereocenters. The highest BCUT2D eigenvalue weighted by Crippen LogP contribution is 2.15. The van der Waals surface area contributed by atoms with E-state index in [1.807, 2.05) is 41.5 Å². The molecule has 1 saturated carbocycles. The Labute approximate surface area is 150 Å². The fraction of sp³-hybridized carbons (Fsp3) is 1.00. The number of rotatable bonds is 14. The Kier molecular flexibility index (Phi) is 14.4. The van der Waals surface area contributed by atoms with E-state index in [1.54, 1.807) is 0 Å². The summed E-state index contributed by atoms with van der Waals surface area (Å²) in [6.07, 6.45) is 4.50. The SMILES string of the molecule is C1CC1.CCO[Si](N[Si](OCC)(OCC)OCC)(OCC)OCC. The van der Waals surface area contributed by atoms with Crippen LogP contribution in [-0.4, -0.2) is 57.6 Å². The monoisotopic (exact) mass is 383 g/mol. The lowest BCUT2D eigenvalue weighted by Crippen LogP contribution is -2.73. The van der Waals surface area contributed by atoms with E-state index in [0.29, 0.717) is 39.6 Å². The van der Waals surface area contributed by atoms with Crippen LogP contribution in [0.3, 0.4) is 0 Å². The van der Waals surface area contributed by atoms with Gasteiger partial charge in [0.25, 0.3) is 0 Å². The predicted octanol–water partition coefficient (Wildman–Crippen LogP) is 2.84. The average molecular weight is 384 g/mol. The van der Waals surface area contributed by atoms with E-state index in [2.05, 4.69) is 4.65 Å². The molecule has 1 rings (SSSR count). The van der Waals surface area contributed by atoms with E-state index in [0.717, 1.165) is 0 Å². The van der Waals surface area contributed by atoms with Crippen LogP contribution >= 0.6 is 0 Å². The molecule has 0 radical (unpaired) electrons. The van der Waals surface area contributed by atoms with Crippen molar-refractivity contribution in [2.75, 3.05) is 39.6 Å². The maximum Gasteiger partial charge on any atom is 0.595 e. The van der Waals surface area contributed by atoms with Gasteiger partial charge in [-0.3, -0.25) is 0 Å². The van der Waals surface area contributed by atoms with E-state index in [9.17, 15) is 0 Å².